The van der Waals surface area contributed by atoms with Crippen LogP contribution in [0, 0.1) is 13.8 Å². The van der Waals surface area contributed by atoms with Crippen molar-refractivity contribution in [3.63, 3.8) is 0 Å². The number of ether oxygens (including phenoxy) is 2. The molecule has 0 aliphatic rings. The number of fused-ring (bicyclic) bond motifs is 1. The van der Waals surface area contributed by atoms with Crippen LogP contribution in [-0.2, 0) is 16.1 Å². The molecule has 1 amide bonds. The fourth-order valence-electron chi connectivity index (χ4n) is 3.31. The van der Waals surface area contributed by atoms with Crippen LogP contribution in [0.25, 0.3) is 10.2 Å². The van der Waals surface area contributed by atoms with E-state index in [-0.39, 0.29) is 18.4 Å². The first-order valence-electron chi connectivity index (χ1n) is 11.0. The van der Waals surface area contributed by atoms with Gasteiger partial charge in [0.2, 0.25) is 0 Å². The third kappa shape index (κ3) is 5.85. The molecule has 2 aromatic carbocycles. The quantitative estimate of drug-likeness (QED) is 0.329. The van der Waals surface area contributed by atoms with E-state index in [0.717, 1.165) is 40.6 Å². The van der Waals surface area contributed by atoms with Gasteiger partial charge in [0.15, 0.2) is 4.80 Å². The van der Waals surface area contributed by atoms with Crippen molar-refractivity contribution in [2.75, 3.05) is 13.2 Å². The van der Waals surface area contributed by atoms with Gasteiger partial charge in [0.1, 0.15) is 12.3 Å². The molecule has 6 nitrogen and oxygen atoms in total. The second-order valence-electron chi connectivity index (χ2n) is 7.68. The minimum Gasteiger partial charge on any atom is -0.494 e. The van der Waals surface area contributed by atoms with E-state index in [2.05, 4.69) is 18.0 Å². The molecular formula is C25H30N2O4S. The molecule has 3 aromatic rings. The van der Waals surface area contributed by atoms with Crippen molar-refractivity contribution in [1.29, 1.82) is 0 Å². The molecule has 0 N–H and O–H groups in total. The van der Waals surface area contributed by atoms with E-state index in [1.54, 1.807) is 29.7 Å². The summed E-state index contributed by atoms with van der Waals surface area (Å²) >= 11 is 1.39. The molecule has 0 spiro atoms. The number of unbranched alkanes of at least 4 members (excludes halogenated alkanes) is 2. The Kier molecular flexibility index (Phi) is 8.22. The summed E-state index contributed by atoms with van der Waals surface area (Å²) in [7, 11) is 0. The van der Waals surface area contributed by atoms with E-state index in [0.29, 0.717) is 29.3 Å². The number of aryl methyl sites for hydroxylation is 2. The first kappa shape index (κ1) is 23.7. The molecule has 0 radical (unpaired) electrons. The Morgan fingerprint density at radius 3 is 2.59 bits per heavy atom. The van der Waals surface area contributed by atoms with Crippen LogP contribution in [0.15, 0.2) is 41.4 Å². The van der Waals surface area contributed by atoms with Gasteiger partial charge in [-0.15, -0.1) is 0 Å². The van der Waals surface area contributed by atoms with Crippen LogP contribution < -0.4 is 9.54 Å². The highest BCUT2D eigenvalue weighted by Crippen LogP contribution is 2.22. The summed E-state index contributed by atoms with van der Waals surface area (Å²) in [6.45, 7) is 8.91. The third-order valence-corrected chi connectivity index (χ3v) is 6.23. The zero-order chi connectivity index (χ0) is 23.1. The average molecular weight is 455 g/mol. The monoisotopic (exact) mass is 454 g/mol. The number of thiazole rings is 1. The summed E-state index contributed by atoms with van der Waals surface area (Å²) in [5, 5.41) is 0. The number of benzene rings is 2. The van der Waals surface area contributed by atoms with E-state index >= 15 is 0 Å². The van der Waals surface area contributed by atoms with Gasteiger partial charge >= 0.3 is 5.97 Å². The molecule has 0 unspecified atom stereocenters. The van der Waals surface area contributed by atoms with Crippen LogP contribution in [0.3, 0.4) is 0 Å². The number of esters is 1. The number of rotatable bonds is 9. The fraction of sp³-hybridized carbons (Fsp3) is 0.400. The van der Waals surface area contributed by atoms with Gasteiger partial charge in [-0.05, 0) is 68.7 Å². The Labute approximate surface area is 192 Å². The predicted octanol–water partition coefficient (Wildman–Crippen LogP) is 5.19. The molecule has 1 heterocycles. The predicted molar refractivity (Wildman–Crippen MR) is 127 cm³/mol. The van der Waals surface area contributed by atoms with E-state index in [1.807, 2.05) is 26.0 Å². The first-order valence-corrected chi connectivity index (χ1v) is 11.8. The van der Waals surface area contributed by atoms with Gasteiger partial charge in [-0.25, -0.2) is 0 Å². The number of hydrogen-bond acceptors (Lipinski definition) is 5. The molecule has 7 heteroatoms. The highest BCUT2D eigenvalue weighted by atomic mass is 32.1. The molecule has 0 atom stereocenters. The maximum atomic E-state index is 13.0. The number of hydrogen-bond donors (Lipinski definition) is 0. The minimum absolute atomic E-state index is 0.00301. The molecule has 0 bridgehead atoms. The fourth-order valence-corrected chi connectivity index (χ4v) is 4.42. The minimum atomic E-state index is -0.374. The number of nitrogens with zero attached hydrogens (tertiary/aromatic N) is 2. The maximum absolute atomic E-state index is 13.0. The summed E-state index contributed by atoms with van der Waals surface area (Å²) in [5.41, 5.74) is 3.57. The van der Waals surface area contributed by atoms with Gasteiger partial charge < -0.3 is 14.0 Å². The highest BCUT2D eigenvalue weighted by Gasteiger charge is 2.14. The van der Waals surface area contributed by atoms with Gasteiger partial charge in [0, 0.05) is 5.56 Å². The maximum Gasteiger partial charge on any atom is 0.326 e. The van der Waals surface area contributed by atoms with E-state index in [9.17, 15) is 9.59 Å². The lowest BCUT2D eigenvalue weighted by molar-refractivity contribution is -0.143. The van der Waals surface area contributed by atoms with E-state index < -0.39 is 0 Å². The second kappa shape index (κ2) is 11.1. The number of carbonyl (C=O) groups is 2. The first-order chi connectivity index (χ1) is 15.4. The van der Waals surface area contributed by atoms with Crippen LogP contribution in [0.5, 0.6) is 5.75 Å². The lowest BCUT2D eigenvalue weighted by Gasteiger charge is -2.07. The SMILES string of the molecule is CCCCCOc1cccc(C(=O)N=c2sc3cc(C)c(C)cc3n2CC(=O)OCC)c1. The molecule has 0 aliphatic carbocycles. The molecule has 0 saturated heterocycles. The summed E-state index contributed by atoms with van der Waals surface area (Å²) in [6, 6.07) is 11.2. The zero-order valence-corrected chi connectivity index (χ0v) is 20.0. The van der Waals surface area contributed by atoms with Crippen molar-refractivity contribution in [2.24, 2.45) is 4.99 Å². The largest absolute Gasteiger partial charge is 0.494 e. The zero-order valence-electron chi connectivity index (χ0n) is 19.1. The summed E-state index contributed by atoms with van der Waals surface area (Å²) < 4.78 is 13.6. The summed E-state index contributed by atoms with van der Waals surface area (Å²) in [5.74, 6) is -0.0763. The van der Waals surface area contributed by atoms with Crippen molar-refractivity contribution < 1.29 is 19.1 Å². The Hall–Kier alpha value is -2.93. The van der Waals surface area contributed by atoms with Gasteiger partial charge in [-0.1, -0.05) is 37.2 Å². The van der Waals surface area contributed by atoms with Gasteiger partial charge in [-0.3, -0.25) is 9.59 Å². The molecule has 170 valence electrons. The Morgan fingerprint density at radius 1 is 1.06 bits per heavy atom. The molecule has 0 aliphatic heterocycles. The molecule has 1 aromatic heterocycles. The Bertz CT molecular complexity index is 1180. The normalized spacial score (nSPS) is 11.7. The van der Waals surface area contributed by atoms with E-state index in [1.165, 1.54) is 11.3 Å². The number of amides is 1. The smallest absolute Gasteiger partial charge is 0.326 e. The third-order valence-electron chi connectivity index (χ3n) is 5.19. The van der Waals surface area contributed by atoms with Crippen molar-refractivity contribution in [1.82, 2.24) is 4.57 Å². The number of carbonyl (C=O) groups excluding carboxylic acids is 2. The Balaban J connectivity index is 1.96. The van der Waals surface area contributed by atoms with Crippen molar-refractivity contribution >= 4 is 33.4 Å². The van der Waals surface area contributed by atoms with Gasteiger partial charge in [-0.2, -0.15) is 4.99 Å². The molecule has 32 heavy (non-hydrogen) atoms. The van der Waals surface area contributed by atoms with Crippen molar-refractivity contribution in [2.45, 2.75) is 53.5 Å². The molecule has 3 rings (SSSR count). The van der Waals surface area contributed by atoms with E-state index in [4.69, 9.17) is 9.47 Å². The second-order valence-corrected chi connectivity index (χ2v) is 8.69. The lowest BCUT2D eigenvalue weighted by Crippen LogP contribution is -2.23. The van der Waals surface area contributed by atoms with Gasteiger partial charge in [0.05, 0.1) is 23.4 Å². The standard InChI is InChI=1S/C25H30N2O4S/c1-5-7-8-12-31-20-11-9-10-19(15-20)24(29)26-25-27(16-23(28)30-6-2)21-13-17(3)18(4)14-22(21)32-25/h9-11,13-15H,5-8,12,16H2,1-4H3. The van der Waals surface area contributed by atoms with Crippen LogP contribution >= 0.6 is 11.3 Å². The summed E-state index contributed by atoms with van der Waals surface area (Å²) in [6.07, 6.45) is 3.22. The van der Waals surface area contributed by atoms with Crippen molar-refractivity contribution in [3.8, 4) is 5.75 Å². The van der Waals surface area contributed by atoms with Crippen LogP contribution in [0.2, 0.25) is 0 Å². The van der Waals surface area contributed by atoms with Crippen molar-refractivity contribution in [3.05, 3.63) is 57.9 Å². The highest BCUT2D eigenvalue weighted by molar-refractivity contribution is 7.16. The topological polar surface area (TPSA) is 69.9 Å². The summed E-state index contributed by atoms with van der Waals surface area (Å²) in [4.78, 5) is 30.0. The molecular weight excluding hydrogens is 424 g/mol. The number of aromatic nitrogens is 1. The van der Waals surface area contributed by atoms with Crippen LogP contribution in [0.1, 0.15) is 54.6 Å². The van der Waals surface area contributed by atoms with Gasteiger partial charge in [0.25, 0.3) is 5.91 Å². The average Bonchev–Trinajstić information content (AvgIpc) is 3.07. The Morgan fingerprint density at radius 2 is 1.84 bits per heavy atom. The molecule has 0 fully saturated rings. The van der Waals surface area contributed by atoms with Crippen LogP contribution in [0.4, 0.5) is 0 Å². The van der Waals surface area contributed by atoms with Crippen LogP contribution in [-0.4, -0.2) is 29.7 Å². The molecule has 0 saturated carbocycles. The lowest BCUT2D eigenvalue weighted by atomic mass is 10.1.